The molecule has 0 saturated carbocycles. The number of hydrogen-bond donors (Lipinski definition) is 2. The Morgan fingerprint density at radius 1 is 1.47 bits per heavy atom. The smallest absolute Gasteiger partial charge is 0.354 e. The molecular formula is C11H12N2O2. The predicted octanol–water partition coefficient (Wildman–Crippen LogP) is 1.93. The maximum atomic E-state index is 11.4. The summed E-state index contributed by atoms with van der Waals surface area (Å²) in [7, 11) is 0. The lowest BCUT2D eigenvalue weighted by atomic mass is 10.2. The molecule has 0 aliphatic carbocycles. The summed E-state index contributed by atoms with van der Waals surface area (Å²) in [6.07, 6.45) is 0. The number of hydrogen-bond acceptors (Lipinski definition) is 3. The van der Waals surface area contributed by atoms with Gasteiger partial charge in [0.25, 0.3) is 0 Å². The Balaban J connectivity index is 2.42. The Kier molecular flexibility index (Phi) is 2.33. The highest BCUT2D eigenvalue weighted by Gasteiger charge is 2.09. The number of nitrogen functional groups attached to an aromatic ring is 1. The van der Waals surface area contributed by atoms with Crippen LogP contribution in [0, 0.1) is 0 Å². The lowest BCUT2D eigenvalue weighted by molar-refractivity contribution is 0.0520. The van der Waals surface area contributed by atoms with Crippen molar-refractivity contribution < 1.29 is 9.53 Å². The van der Waals surface area contributed by atoms with Crippen LogP contribution in [0.1, 0.15) is 17.4 Å². The van der Waals surface area contributed by atoms with Crippen molar-refractivity contribution in [3.63, 3.8) is 0 Å². The van der Waals surface area contributed by atoms with Crippen LogP contribution in [0.25, 0.3) is 10.9 Å². The molecule has 1 aromatic heterocycles. The number of aromatic amines is 1. The van der Waals surface area contributed by atoms with Crippen LogP contribution < -0.4 is 5.73 Å². The highest BCUT2D eigenvalue weighted by Crippen LogP contribution is 2.18. The highest BCUT2D eigenvalue weighted by molar-refractivity contribution is 5.95. The first-order chi connectivity index (χ1) is 7.20. The van der Waals surface area contributed by atoms with Crippen LogP contribution in [0.4, 0.5) is 5.69 Å². The van der Waals surface area contributed by atoms with E-state index in [1.54, 1.807) is 25.1 Å². The van der Waals surface area contributed by atoms with Crippen LogP contribution in [-0.2, 0) is 4.74 Å². The minimum Gasteiger partial charge on any atom is -0.461 e. The number of aromatic nitrogens is 1. The molecule has 0 bridgehead atoms. The van der Waals surface area contributed by atoms with E-state index in [4.69, 9.17) is 10.5 Å². The summed E-state index contributed by atoms with van der Waals surface area (Å²) in [5.74, 6) is -0.340. The Labute approximate surface area is 87.0 Å². The first-order valence-electron chi connectivity index (χ1n) is 4.76. The van der Waals surface area contributed by atoms with Crippen molar-refractivity contribution in [1.82, 2.24) is 4.98 Å². The summed E-state index contributed by atoms with van der Waals surface area (Å²) in [5.41, 5.74) is 7.60. The van der Waals surface area contributed by atoms with E-state index in [-0.39, 0.29) is 5.97 Å². The minimum atomic E-state index is -0.340. The third kappa shape index (κ3) is 1.79. The van der Waals surface area contributed by atoms with E-state index in [1.807, 2.05) is 6.07 Å². The van der Waals surface area contributed by atoms with Crippen molar-refractivity contribution in [2.24, 2.45) is 0 Å². The van der Waals surface area contributed by atoms with Gasteiger partial charge in [-0.15, -0.1) is 0 Å². The van der Waals surface area contributed by atoms with Gasteiger partial charge >= 0.3 is 5.97 Å². The number of benzene rings is 1. The van der Waals surface area contributed by atoms with E-state index in [0.717, 1.165) is 10.9 Å². The van der Waals surface area contributed by atoms with Crippen LogP contribution in [-0.4, -0.2) is 17.6 Å². The normalized spacial score (nSPS) is 10.5. The van der Waals surface area contributed by atoms with E-state index in [0.29, 0.717) is 18.0 Å². The van der Waals surface area contributed by atoms with Crippen LogP contribution in [0.5, 0.6) is 0 Å². The fourth-order valence-electron chi connectivity index (χ4n) is 1.46. The van der Waals surface area contributed by atoms with Gasteiger partial charge in [0, 0.05) is 16.6 Å². The second-order valence-corrected chi connectivity index (χ2v) is 3.25. The second-order valence-electron chi connectivity index (χ2n) is 3.25. The number of rotatable bonds is 2. The molecule has 2 aromatic rings. The highest BCUT2D eigenvalue weighted by atomic mass is 16.5. The van der Waals surface area contributed by atoms with Crippen LogP contribution in [0.15, 0.2) is 24.3 Å². The monoisotopic (exact) mass is 204 g/mol. The minimum absolute atomic E-state index is 0.340. The molecule has 0 radical (unpaired) electrons. The lowest BCUT2D eigenvalue weighted by Crippen LogP contribution is -2.04. The lowest BCUT2D eigenvalue weighted by Gasteiger charge is -1.96. The van der Waals surface area contributed by atoms with E-state index in [9.17, 15) is 4.79 Å². The standard InChI is InChI=1S/C11H12N2O2/c1-2-15-11(14)10-5-7-3-4-8(12)6-9(7)13-10/h3-6,13H,2,12H2,1H3. The average molecular weight is 204 g/mol. The second kappa shape index (κ2) is 3.65. The molecule has 1 heterocycles. The molecule has 1 aromatic carbocycles. The van der Waals surface area contributed by atoms with Gasteiger partial charge in [-0.2, -0.15) is 0 Å². The molecule has 78 valence electrons. The van der Waals surface area contributed by atoms with Gasteiger partial charge in [-0.1, -0.05) is 6.07 Å². The molecule has 4 heteroatoms. The summed E-state index contributed by atoms with van der Waals surface area (Å²) in [5, 5.41) is 0.951. The van der Waals surface area contributed by atoms with Gasteiger partial charge in [-0.25, -0.2) is 4.79 Å². The van der Waals surface area contributed by atoms with Crippen molar-refractivity contribution in [3.8, 4) is 0 Å². The SMILES string of the molecule is CCOC(=O)c1cc2ccc(N)cc2[nH]1. The first-order valence-corrected chi connectivity index (χ1v) is 4.76. The van der Waals surface area contributed by atoms with E-state index in [1.165, 1.54) is 0 Å². The number of ether oxygens (including phenoxy) is 1. The van der Waals surface area contributed by atoms with Crippen LogP contribution in [0.3, 0.4) is 0 Å². The molecule has 0 saturated heterocycles. The molecule has 15 heavy (non-hydrogen) atoms. The van der Waals surface area contributed by atoms with Crippen molar-refractivity contribution in [3.05, 3.63) is 30.0 Å². The molecule has 0 aliphatic heterocycles. The largest absolute Gasteiger partial charge is 0.461 e. The molecule has 2 rings (SSSR count). The molecular weight excluding hydrogens is 192 g/mol. The zero-order valence-electron chi connectivity index (χ0n) is 8.41. The molecule has 0 spiro atoms. The Morgan fingerprint density at radius 2 is 2.27 bits per heavy atom. The fourth-order valence-corrected chi connectivity index (χ4v) is 1.46. The van der Waals surface area contributed by atoms with Crippen LogP contribution >= 0.6 is 0 Å². The zero-order chi connectivity index (χ0) is 10.8. The van der Waals surface area contributed by atoms with Gasteiger partial charge < -0.3 is 15.5 Å². The van der Waals surface area contributed by atoms with Gasteiger partial charge in [0.1, 0.15) is 5.69 Å². The summed E-state index contributed by atoms with van der Waals surface area (Å²) >= 11 is 0. The Bertz CT molecular complexity index is 502. The maximum absolute atomic E-state index is 11.4. The number of nitrogens with one attached hydrogen (secondary N) is 1. The number of fused-ring (bicyclic) bond motifs is 1. The predicted molar refractivity (Wildman–Crippen MR) is 58.7 cm³/mol. The summed E-state index contributed by atoms with van der Waals surface area (Å²) in [6.45, 7) is 2.15. The Morgan fingerprint density at radius 3 is 3.00 bits per heavy atom. The molecule has 4 nitrogen and oxygen atoms in total. The number of carbonyl (C=O) groups is 1. The third-order valence-corrected chi connectivity index (χ3v) is 2.14. The Hall–Kier alpha value is -1.97. The maximum Gasteiger partial charge on any atom is 0.354 e. The number of carbonyl (C=O) groups excluding carboxylic acids is 1. The molecule has 0 atom stereocenters. The topological polar surface area (TPSA) is 68.1 Å². The summed E-state index contributed by atoms with van der Waals surface area (Å²) in [4.78, 5) is 14.4. The number of nitrogens with two attached hydrogens (primary N) is 1. The van der Waals surface area contributed by atoms with Gasteiger partial charge in [-0.3, -0.25) is 0 Å². The fraction of sp³-hybridized carbons (Fsp3) is 0.182. The molecule has 0 fully saturated rings. The number of anilines is 1. The van der Waals surface area contributed by atoms with Gasteiger partial charge in [0.15, 0.2) is 0 Å². The van der Waals surface area contributed by atoms with Crippen molar-refractivity contribution in [2.45, 2.75) is 6.92 Å². The number of esters is 1. The molecule has 0 aliphatic rings. The van der Waals surface area contributed by atoms with Crippen LogP contribution in [0.2, 0.25) is 0 Å². The van der Waals surface area contributed by atoms with Crippen molar-refractivity contribution in [1.29, 1.82) is 0 Å². The average Bonchev–Trinajstić information content (AvgIpc) is 2.60. The van der Waals surface area contributed by atoms with E-state index in [2.05, 4.69) is 4.98 Å². The quantitative estimate of drug-likeness (QED) is 0.580. The molecule has 0 amide bonds. The van der Waals surface area contributed by atoms with Gasteiger partial charge in [-0.05, 0) is 25.1 Å². The van der Waals surface area contributed by atoms with E-state index >= 15 is 0 Å². The van der Waals surface area contributed by atoms with Gasteiger partial charge in [0.2, 0.25) is 0 Å². The first kappa shape index (κ1) is 9.58. The molecule has 0 unspecified atom stereocenters. The zero-order valence-corrected chi connectivity index (χ0v) is 8.41. The molecule has 3 N–H and O–H groups in total. The van der Waals surface area contributed by atoms with E-state index < -0.39 is 0 Å². The number of H-pyrrole nitrogens is 1. The third-order valence-electron chi connectivity index (χ3n) is 2.14. The summed E-state index contributed by atoms with van der Waals surface area (Å²) in [6, 6.07) is 7.21. The summed E-state index contributed by atoms with van der Waals surface area (Å²) < 4.78 is 4.89. The van der Waals surface area contributed by atoms with Crippen molar-refractivity contribution in [2.75, 3.05) is 12.3 Å². The van der Waals surface area contributed by atoms with Crippen molar-refractivity contribution >= 4 is 22.6 Å². The van der Waals surface area contributed by atoms with Gasteiger partial charge in [0.05, 0.1) is 6.61 Å².